The van der Waals surface area contributed by atoms with Gasteiger partial charge in [0.25, 0.3) is 0 Å². The van der Waals surface area contributed by atoms with Gasteiger partial charge < -0.3 is 9.84 Å². The van der Waals surface area contributed by atoms with Crippen LogP contribution < -0.4 is 4.74 Å². The van der Waals surface area contributed by atoms with Crippen LogP contribution in [-0.4, -0.2) is 11.1 Å². The molecule has 0 radical (unpaired) electrons. The van der Waals surface area contributed by atoms with E-state index in [0.717, 1.165) is 16.7 Å². The highest BCUT2D eigenvalue weighted by molar-refractivity contribution is 6.30. The normalized spacial score (nSPS) is 10.4. The number of aromatic carboxylic acids is 1. The quantitative estimate of drug-likeness (QED) is 0.887. The number of halogens is 1. The fraction of sp³-hybridized carbons (Fsp3) is 0.188. The van der Waals surface area contributed by atoms with E-state index in [1.54, 1.807) is 12.1 Å². The molecule has 2 aromatic carbocycles. The van der Waals surface area contributed by atoms with Crippen molar-refractivity contribution < 1.29 is 14.6 Å². The van der Waals surface area contributed by atoms with Crippen LogP contribution in [0.2, 0.25) is 5.02 Å². The Morgan fingerprint density at radius 3 is 2.20 bits per heavy atom. The first-order valence-corrected chi connectivity index (χ1v) is 6.55. The van der Waals surface area contributed by atoms with Gasteiger partial charge in [0.1, 0.15) is 11.5 Å². The molecule has 1 N–H and O–H groups in total. The van der Waals surface area contributed by atoms with Crippen LogP contribution in [-0.2, 0) is 0 Å². The molecule has 0 aromatic heterocycles. The standard InChI is InChI=1S/C16H15ClO3/c1-9-4-5-12(16(18)19)8-14(9)20-15-10(2)6-13(17)7-11(15)3/h4-8H,1-3H3,(H,18,19). The number of carbonyl (C=O) groups is 1. The van der Waals surface area contributed by atoms with Crippen molar-refractivity contribution in [3.8, 4) is 11.5 Å². The van der Waals surface area contributed by atoms with Gasteiger partial charge >= 0.3 is 5.97 Å². The summed E-state index contributed by atoms with van der Waals surface area (Å²) in [5, 5.41) is 9.69. The average molecular weight is 291 g/mol. The van der Waals surface area contributed by atoms with Crippen LogP contribution in [0.3, 0.4) is 0 Å². The maximum atomic E-state index is 11.0. The summed E-state index contributed by atoms with van der Waals surface area (Å²) in [6.45, 7) is 5.69. The number of ether oxygens (including phenoxy) is 1. The van der Waals surface area contributed by atoms with Gasteiger partial charge in [-0.25, -0.2) is 4.79 Å². The number of hydrogen-bond donors (Lipinski definition) is 1. The Hall–Kier alpha value is -2.00. The maximum absolute atomic E-state index is 11.0. The molecule has 0 unspecified atom stereocenters. The number of rotatable bonds is 3. The summed E-state index contributed by atoms with van der Waals surface area (Å²) in [6.07, 6.45) is 0. The molecule has 0 saturated heterocycles. The molecule has 0 fully saturated rings. The second-order valence-electron chi connectivity index (χ2n) is 4.76. The highest BCUT2D eigenvalue weighted by Gasteiger charge is 2.11. The Kier molecular flexibility index (Phi) is 4.00. The molecule has 20 heavy (non-hydrogen) atoms. The molecule has 0 spiro atoms. The van der Waals surface area contributed by atoms with Crippen molar-refractivity contribution in [3.63, 3.8) is 0 Å². The number of aryl methyl sites for hydroxylation is 3. The van der Waals surface area contributed by atoms with E-state index in [-0.39, 0.29) is 5.56 Å². The minimum Gasteiger partial charge on any atom is -0.478 e. The molecule has 0 aliphatic rings. The monoisotopic (exact) mass is 290 g/mol. The molecule has 0 amide bonds. The van der Waals surface area contributed by atoms with Crippen LogP contribution in [0.1, 0.15) is 27.0 Å². The number of hydrogen-bond acceptors (Lipinski definition) is 2. The third kappa shape index (κ3) is 2.94. The van der Waals surface area contributed by atoms with Gasteiger partial charge in [0.05, 0.1) is 5.56 Å². The third-order valence-corrected chi connectivity index (χ3v) is 3.29. The number of carboxylic acids is 1. The zero-order chi connectivity index (χ0) is 14.9. The van der Waals surface area contributed by atoms with Gasteiger partial charge in [0, 0.05) is 5.02 Å². The SMILES string of the molecule is Cc1ccc(C(=O)O)cc1Oc1c(C)cc(Cl)cc1C. The van der Waals surface area contributed by atoms with Crippen molar-refractivity contribution in [1.82, 2.24) is 0 Å². The van der Waals surface area contributed by atoms with Gasteiger partial charge in [-0.05, 0) is 61.7 Å². The van der Waals surface area contributed by atoms with Gasteiger partial charge in [0.15, 0.2) is 0 Å². The van der Waals surface area contributed by atoms with Crippen LogP contribution in [0.15, 0.2) is 30.3 Å². The average Bonchev–Trinajstić information content (AvgIpc) is 2.35. The molecule has 4 heteroatoms. The van der Waals surface area contributed by atoms with E-state index in [1.807, 2.05) is 32.9 Å². The second kappa shape index (κ2) is 5.55. The molecule has 0 saturated carbocycles. The summed E-state index contributed by atoms with van der Waals surface area (Å²) in [4.78, 5) is 11.0. The van der Waals surface area contributed by atoms with Crippen LogP contribution >= 0.6 is 11.6 Å². The van der Waals surface area contributed by atoms with E-state index in [0.29, 0.717) is 16.5 Å². The predicted molar refractivity (Wildman–Crippen MR) is 79.1 cm³/mol. The lowest BCUT2D eigenvalue weighted by molar-refractivity contribution is 0.0696. The molecule has 0 atom stereocenters. The molecule has 2 aromatic rings. The molecule has 0 aliphatic heterocycles. The third-order valence-electron chi connectivity index (χ3n) is 3.07. The molecule has 3 nitrogen and oxygen atoms in total. The van der Waals surface area contributed by atoms with E-state index in [9.17, 15) is 4.79 Å². The Morgan fingerprint density at radius 2 is 1.65 bits per heavy atom. The molecule has 0 heterocycles. The van der Waals surface area contributed by atoms with Crippen LogP contribution in [0.4, 0.5) is 0 Å². The Balaban J connectivity index is 2.45. The summed E-state index contributed by atoms with van der Waals surface area (Å²) in [5.41, 5.74) is 2.91. The van der Waals surface area contributed by atoms with Gasteiger partial charge in [0.2, 0.25) is 0 Å². The molecule has 104 valence electrons. The van der Waals surface area contributed by atoms with E-state index >= 15 is 0 Å². The van der Waals surface area contributed by atoms with Crippen molar-refractivity contribution in [2.45, 2.75) is 20.8 Å². The number of benzene rings is 2. The van der Waals surface area contributed by atoms with Crippen LogP contribution in [0.25, 0.3) is 0 Å². The smallest absolute Gasteiger partial charge is 0.335 e. The van der Waals surface area contributed by atoms with E-state index in [4.69, 9.17) is 21.4 Å². The molecule has 2 rings (SSSR count). The first kappa shape index (κ1) is 14.4. The lowest BCUT2D eigenvalue weighted by atomic mass is 10.1. The highest BCUT2D eigenvalue weighted by Crippen LogP contribution is 2.33. The second-order valence-corrected chi connectivity index (χ2v) is 5.19. The largest absolute Gasteiger partial charge is 0.478 e. The van der Waals surface area contributed by atoms with Gasteiger partial charge in [-0.3, -0.25) is 0 Å². The zero-order valence-corrected chi connectivity index (χ0v) is 12.3. The van der Waals surface area contributed by atoms with Gasteiger partial charge in [-0.2, -0.15) is 0 Å². The Bertz CT molecular complexity index is 654. The maximum Gasteiger partial charge on any atom is 0.335 e. The number of carboxylic acid groups (broad SMARTS) is 1. The summed E-state index contributed by atoms with van der Waals surface area (Å²) in [6, 6.07) is 8.47. The predicted octanol–water partition coefficient (Wildman–Crippen LogP) is 4.76. The zero-order valence-electron chi connectivity index (χ0n) is 11.5. The van der Waals surface area contributed by atoms with Gasteiger partial charge in [-0.15, -0.1) is 0 Å². The van der Waals surface area contributed by atoms with Crippen LogP contribution in [0, 0.1) is 20.8 Å². The fourth-order valence-corrected chi connectivity index (χ4v) is 2.34. The highest BCUT2D eigenvalue weighted by atomic mass is 35.5. The minimum absolute atomic E-state index is 0.204. The fourth-order valence-electron chi connectivity index (χ4n) is 2.01. The summed E-state index contributed by atoms with van der Waals surface area (Å²) < 4.78 is 5.89. The van der Waals surface area contributed by atoms with Crippen molar-refractivity contribution in [1.29, 1.82) is 0 Å². The minimum atomic E-state index is -0.973. The van der Waals surface area contributed by atoms with Gasteiger partial charge in [-0.1, -0.05) is 17.7 Å². The lowest BCUT2D eigenvalue weighted by Gasteiger charge is -2.14. The Labute approximate surface area is 122 Å². The summed E-state index contributed by atoms with van der Waals surface area (Å²) in [7, 11) is 0. The Morgan fingerprint density at radius 1 is 1.05 bits per heavy atom. The summed E-state index contributed by atoms with van der Waals surface area (Å²) >= 11 is 5.99. The first-order chi connectivity index (χ1) is 9.38. The van der Waals surface area contributed by atoms with Crippen molar-refractivity contribution in [2.75, 3.05) is 0 Å². The van der Waals surface area contributed by atoms with E-state index in [2.05, 4.69) is 0 Å². The molecule has 0 bridgehead atoms. The first-order valence-electron chi connectivity index (χ1n) is 6.17. The topological polar surface area (TPSA) is 46.5 Å². The van der Waals surface area contributed by atoms with E-state index < -0.39 is 5.97 Å². The summed E-state index contributed by atoms with van der Waals surface area (Å²) in [5.74, 6) is 0.276. The molecule has 0 aliphatic carbocycles. The van der Waals surface area contributed by atoms with Crippen molar-refractivity contribution in [3.05, 3.63) is 57.6 Å². The van der Waals surface area contributed by atoms with Crippen LogP contribution in [0.5, 0.6) is 11.5 Å². The van der Waals surface area contributed by atoms with E-state index in [1.165, 1.54) is 6.07 Å². The molecular weight excluding hydrogens is 276 g/mol. The van der Waals surface area contributed by atoms with Crippen molar-refractivity contribution in [2.24, 2.45) is 0 Å². The van der Waals surface area contributed by atoms with Crippen molar-refractivity contribution >= 4 is 17.6 Å². The molecular formula is C16H15ClO3. The lowest BCUT2D eigenvalue weighted by Crippen LogP contribution is -1.99.